The van der Waals surface area contributed by atoms with E-state index in [4.69, 9.17) is 0 Å². The van der Waals surface area contributed by atoms with Gasteiger partial charge in [0, 0.05) is 16.6 Å². The predicted octanol–water partition coefficient (Wildman–Crippen LogP) is 5.17. The van der Waals surface area contributed by atoms with Crippen molar-refractivity contribution in [1.29, 1.82) is 0 Å². The standard InChI is InChI=1S/C26H22F2N2O3S/c1-14(16-8-11-20(27)21(28)13-16)29-22(15-6-9-19(34-2)10-7-15)17-4-3-5-18(12-17)30-23-24(31)26(33)25(23)32/h3-14,22,29-31H,1-2H3. The number of nitrogens with one attached hydrogen (secondary N) is 2. The lowest BCUT2D eigenvalue weighted by Crippen LogP contribution is -2.32. The SMILES string of the molecule is CSc1ccc(C(NC(C)c2ccc(F)c(F)c2)c2cccc(Nc3c(O)c(=O)c3=O)c2)cc1. The molecule has 2 atom stereocenters. The van der Waals surface area contributed by atoms with Crippen LogP contribution in [0.25, 0.3) is 0 Å². The Hall–Kier alpha value is -3.49. The molecule has 8 heteroatoms. The van der Waals surface area contributed by atoms with Crippen LogP contribution in [0.2, 0.25) is 0 Å². The van der Waals surface area contributed by atoms with Gasteiger partial charge in [-0.1, -0.05) is 30.3 Å². The second-order valence-electron chi connectivity index (χ2n) is 7.90. The summed E-state index contributed by atoms with van der Waals surface area (Å²) in [6.45, 7) is 1.86. The molecule has 4 aromatic carbocycles. The summed E-state index contributed by atoms with van der Waals surface area (Å²) in [6.07, 6.45) is 1.99. The van der Waals surface area contributed by atoms with Gasteiger partial charge >= 0.3 is 0 Å². The normalized spacial score (nSPS) is 13.1. The van der Waals surface area contributed by atoms with Crippen molar-refractivity contribution in [2.24, 2.45) is 0 Å². The highest BCUT2D eigenvalue weighted by Gasteiger charge is 2.22. The number of rotatable bonds is 8. The molecule has 4 aromatic rings. The van der Waals surface area contributed by atoms with Crippen LogP contribution in [-0.4, -0.2) is 11.4 Å². The Balaban J connectivity index is 1.68. The van der Waals surface area contributed by atoms with E-state index in [0.717, 1.165) is 22.1 Å². The summed E-state index contributed by atoms with van der Waals surface area (Å²) in [5.41, 5.74) is 1.08. The van der Waals surface area contributed by atoms with E-state index in [1.165, 1.54) is 12.1 Å². The second kappa shape index (κ2) is 9.79. The first-order valence-electron chi connectivity index (χ1n) is 10.5. The fourth-order valence-electron chi connectivity index (χ4n) is 3.75. The third-order valence-electron chi connectivity index (χ3n) is 5.68. The first kappa shape index (κ1) is 23.7. The minimum atomic E-state index is -0.911. The Kier molecular flexibility index (Phi) is 6.81. The molecule has 34 heavy (non-hydrogen) atoms. The van der Waals surface area contributed by atoms with Gasteiger partial charge in [0.2, 0.25) is 0 Å². The fourth-order valence-corrected chi connectivity index (χ4v) is 4.15. The van der Waals surface area contributed by atoms with Crippen molar-refractivity contribution in [3.63, 3.8) is 0 Å². The highest BCUT2D eigenvalue weighted by molar-refractivity contribution is 7.98. The molecule has 4 rings (SSSR count). The zero-order valence-electron chi connectivity index (χ0n) is 18.4. The lowest BCUT2D eigenvalue weighted by Gasteiger charge is -2.25. The van der Waals surface area contributed by atoms with Gasteiger partial charge in [-0.2, -0.15) is 0 Å². The molecule has 5 nitrogen and oxygen atoms in total. The van der Waals surface area contributed by atoms with E-state index in [0.29, 0.717) is 11.3 Å². The largest absolute Gasteiger partial charge is 0.502 e. The number of halogens is 2. The molecule has 0 fully saturated rings. The topological polar surface area (TPSA) is 78.4 Å². The van der Waals surface area contributed by atoms with E-state index in [2.05, 4.69) is 10.6 Å². The van der Waals surface area contributed by atoms with Crippen LogP contribution in [-0.2, 0) is 0 Å². The summed E-state index contributed by atoms with van der Waals surface area (Å²) >= 11 is 1.62. The lowest BCUT2D eigenvalue weighted by molar-refractivity contribution is 0.466. The van der Waals surface area contributed by atoms with E-state index in [1.807, 2.05) is 43.5 Å². The van der Waals surface area contributed by atoms with Crippen LogP contribution in [0.3, 0.4) is 0 Å². The molecule has 3 N–H and O–H groups in total. The third-order valence-corrected chi connectivity index (χ3v) is 6.43. The fraction of sp³-hybridized carbons (Fsp3) is 0.154. The van der Waals surface area contributed by atoms with Crippen LogP contribution < -0.4 is 21.5 Å². The monoisotopic (exact) mass is 480 g/mol. The molecule has 0 heterocycles. The van der Waals surface area contributed by atoms with Gasteiger partial charge < -0.3 is 10.4 Å². The molecule has 0 radical (unpaired) electrons. The van der Waals surface area contributed by atoms with E-state index >= 15 is 0 Å². The van der Waals surface area contributed by atoms with Crippen molar-refractivity contribution in [2.75, 3.05) is 11.6 Å². The zero-order chi connectivity index (χ0) is 24.4. The molecular formula is C26H22F2N2O3S. The van der Waals surface area contributed by atoms with Gasteiger partial charge in [0.05, 0.1) is 6.04 Å². The highest BCUT2D eigenvalue weighted by atomic mass is 32.2. The number of hydrogen-bond donors (Lipinski definition) is 3. The smallest absolute Gasteiger partial charge is 0.271 e. The average Bonchev–Trinajstić information content (AvgIpc) is 2.87. The second-order valence-corrected chi connectivity index (χ2v) is 8.78. The first-order chi connectivity index (χ1) is 16.3. The Labute approximate surface area is 199 Å². The van der Waals surface area contributed by atoms with Gasteiger partial charge in [-0.25, -0.2) is 8.78 Å². The summed E-state index contributed by atoms with van der Waals surface area (Å²) in [7, 11) is 0. The molecule has 2 unspecified atom stereocenters. The number of benzene rings is 3. The molecule has 0 amide bonds. The summed E-state index contributed by atoms with van der Waals surface area (Å²) in [6, 6.07) is 18.3. The van der Waals surface area contributed by atoms with Gasteiger partial charge in [0.25, 0.3) is 10.9 Å². The van der Waals surface area contributed by atoms with Gasteiger partial charge in [0.15, 0.2) is 17.4 Å². The Morgan fingerprint density at radius 3 is 2.21 bits per heavy atom. The zero-order valence-corrected chi connectivity index (χ0v) is 19.2. The van der Waals surface area contributed by atoms with Crippen molar-refractivity contribution < 1.29 is 13.9 Å². The first-order valence-corrected chi connectivity index (χ1v) is 11.7. The molecule has 0 bridgehead atoms. The molecule has 0 saturated heterocycles. The van der Waals surface area contributed by atoms with Crippen molar-refractivity contribution in [3.05, 3.63) is 116 Å². The number of anilines is 2. The van der Waals surface area contributed by atoms with Crippen LogP contribution in [0.1, 0.15) is 35.7 Å². The van der Waals surface area contributed by atoms with Crippen molar-refractivity contribution >= 4 is 23.1 Å². The Bertz CT molecular complexity index is 1400. The summed E-state index contributed by atoms with van der Waals surface area (Å²) in [4.78, 5) is 24.1. The van der Waals surface area contributed by atoms with E-state index in [9.17, 15) is 23.5 Å². The van der Waals surface area contributed by atoms with E-state index < -0.39 is 28.2 Å². The average molecular weight is 481 g/mol. The predicted molar refractivity (Wildman–Crippen MR) is 131 cm³/mol. The molecule has 174 valence electrons. The van der Waals surface area contributed by atoms with Gasteiger partial charge in [-0.15, -0.1) is 11.8 Å². The molecule has 0 aliphatic heterocycles. The summed E-state index contributed by atoms with van der Waals surface area (Å²) in [5, 5.41) is 16.0. The van der Waals surface area contributed by atoms with Crippen molar-refractivity contribution in [2.45, 2.75) is 23.9 Å². The van der Waals surface area contributed by atoms with E-state index in [-0.39, 0.29) is 17.8 Å². The maximum absolute atomic E-state index is 13.8. The minimum Gasteiger partial charge on any atom is -0.502 e. The van der Waals surface area contributed by atoms with Crippen LogP contribution in [0, 0.1) is 11.6 Å². The summed E-state index contributed by atoms with van der Waals surface area (Å²) < 4.78 is 27.2. The van der Waals surface area contributed by atoms with Crippen molar-refractivity contribution in [1.82, 2.24) is 5.32 Å². The molecule has 0 aliphatic carbocycles. The lowest BCUT2D eigenvalue weighted by atomic mass is 9.96. The van der Waals surface area contributed by atoms with Gasteiger partial charge in [-0.3, -0.25) is 14.9 Å². The van der Waals surface area contributed by atoms with Crippen LogP contribution >= 0.6 is 11.8 Å². The number of hydrogen-bond acceptors (Lipinski definition) is 6. The van der Waals surface area contributed by atoms with Crippen molar-refractivity contribution in [3.8, 4) is 5.75 Å². The Morgan fingerprint density at radius 2 is 1.56 bits per heavy atom. The highest BCUT2D eigenvalue weighted by Crippen LogP contribution is 2.31. The molecule has 0 saturated carbocycles. The molecule has 0 spiro atoms. The maximum atomic E-state index is 13.8. The maximum Gasteiger partial charge on any atom is 0.271 e. The molecule has 0 aromatic heterocycles. The number of aromatic hydroxyl groups is 1. The minimum absolute atomic E-state index is 0.133. The molecular weight excluding hydrogens is 458 g/mol. The van der Waals surface area contributed by atoms with Crippen LogP contribution in [0.15, 0.2) is 81.2 Å². The third kappa shape index (κ3) is 4.73. The molecule has 0 aliphatic rings. The van der Waals surface area contributed by atoms with Crippen LogP contribution in [0.5, 0.6) is 5.75 Å². The van der Waals surface area contributed by atoms with E-state index in [1.54, 1.807) is 30.0 Å². The number of thioether (sulfide) groups is 1. The summed E-state index contributed by atoms with van der Waals surface area (Å²) in [5.74, 6) is -2.39. The quantitative estimate of drug-likeness (QED) is 0.239. The van der Waals surface area contributed by atoms with Gasteiger partial charge in [0.1, 0.15) is 5.69 Å². The van der Waals surface area contributed by atoms with Crippen LogP contribution in [0.4, 0.5) is 20.2 Å². The Morgan fingerprint density at radius 1 is 0.853 bits per heavy atom. The van der Waals surface area contributed by atoms with Gasteiger partial charge in [-0.05, 0) is 66.3 Å².